The van der Waals surface area contributed by atoms with Gasteiger partial charge >= 0.3 is 0 Å². The van der Waals surface area contributed by atoms with Crippen LogP contribution >= 0.6 is 0 Å². The SMILES string of the molecule is CC(N)CC(=O)NC(C)c1ncc(-c2ccccc2)o1. The average molecular weight is 273 g/mol. The Kier molecular flexibility index (Phi) is 4.53. The third-order valence-electron chi connectivity index (χ3n) is 2.84. The predicted molar refractivity (Wildman–Crippen MR) is 76.8 cm³/mol. The van der Waals surface area contributed by atoms with Gasteiger partial charge in [-0.25, -0.2) is 4.98 Å². The molecule has 2 aromatic rings. The van der Waals surface area contributed by atoms with Crippen molar-refractivity contribution in [3.63, 3.8) is 0 Å². The van der Waals surface area contributed by atoms with Crippen LogP contribution in [0.25, 0.3) is 11.3 Å². The van der Waals surface area contributed by atoms with Crippen LogP contribution in [-0.2, 0) is 4.79 Å². The molecule has 1 aromatic heterocycles. The van der Waals surface area contributed by atoms with Crippen LogP contribution in [0.1, 0.15) is 32.2 Å². The molecule has 1 aromatic carbocycles. The summed E-state index contributed by atoms with van der Waals surface area (Å²) < 4.78 is 5.68. The number of nitrogens with two attached hydrogens (primary N) is 1. The van der Waals surface area contributed by atoms with Crippen LogP contribution in [0.5, 0.6) is 0 Å². The molecule has 0 aliphatic carbocycles. The van der Waals surface area contributed by atoms with Gasteiger partial charge < -0.3 is 15.5 Å². The van der Waals surface area contributed by atoms with Crippen molar-refractivity contribution in [3.8, 4) is 11.3 Å². The standard InChI is InChI=1S/C15H19N3O2/c1-10(16)8-14(19)18-11(2)15-17-9-13(20-15)12-6-4-3-5-7-12/h3-7,9-11H,8,16H2,1-2H3,(H,18,19). The Morgan fingerprint density at radius 3 is 2.70 bits per heavy atom. The number of carbonyl (C=O) groups is 1. The normalized spacial score (nSPS) is 13.8. The maximum Gasteiger partial charge on any atom is 0.222 e. The van der Waals surface area contributed by atoms with E-state index in [0.29, 0.717) is 11.7 Å². The largest absolute Gasteiger partial charge is 0.438 e. The lowest BCUT2D eigenvalue weighted by Crippen LogP contribution is -2.31. The zero-order valence-electron chi connectivity index (χ0n) is 11.7. The summed E-state index contributed by atoms with van der Waals surface area (Å²) in [5.41, 5.74) is 6.55. The highest BCUT2D eigenvalue weighted by Gasteiger charge is 2.16. The molecular formula is C15H19N3O2. The van der Waals surface area contributed by atoms with Crippen molar-refractivity contribution in [2.75, 3.05) is 0 Å². The van der Waals surface area contributed by atoms with E-state index in [1.165, 1.54) is 0 Å². The quantitative estimate of drug-likeness (QED) is 0.875. The third kappa shape index (κ3) is 3.68. The summed E-state index contributed by atoms with van der Waals surface area (Å²) in [7, 11) is 0. The molecule has 1 heterocycles. The average Bonchev–Trinajstić information content (AvgIpc) is 2.88. The number of nitrogens with one attached hydrogen (secondary N) is 1. The van der Waals surface area contributed by atoms with Gasteiger partial charge in [-0.05, 0) is 13.8 Å². The van der Waals surface area contributed by atoms with E-state index < -0.39 is 0 Å². The molecule has 5 heteroatoms. The molecule has 0 bridgehead atoms. The van der Waals surface area contributed by atoms with E-state index in [-0.39, 0.29) is 24.4 Å². The molecule has 0 fully saturated rings. The molecule has 106 valence electrons. The van der Waals surface area contributed by atoms with E-state index in [4.69, 9.17) is 10.2 Å². The molecular weight excluding hydrogens is 254 g/mol. The van der Waals surface area contributed by atoms with Crippen molar-refractivity contribution < 1.29 is 9.21 Å². The third-order valence-corrected chi connectivity index (χ3v) is 2.84. The number of hydrogen-bond donors (Lipinski definition) is 2. The van der Waals surface area contributed by atoms with Crippen molar-refractivity contribution in [1.29, 1.82) is 0 Å². The van der Waals surface area contributed by atoms with E-state index in [9.17, 15) is 4.79 Å². The maximum absolute atomic E-state index is 11.7. The van der Waals surface area contributed by atoms with Crippen LogP contribution in [0.4, 0.5) is 0 Å². The topological polar surface area (TPSA) is 81.2 Å². The summed E-state index contributed by atoms with van der Waals surface area (Å²) in [6.45, 7) is 3.63. The van der Waals surface area contributed by atoms with E-state index in [2.05, 4.69) is 10.3 Å². The summed E-state index contributed by atoms with van der Waals surface area (Å²) in [6, 6.07) is 9.27. The summed E-state index contributed by atoms with van der Waals surface area (Å²) in [6.07, 6.45) is 1.95. The van der Waals surface area contributed by atoms with Crippen molar-refractivity contribution in [2.45, 2.75) is 32.4 Å². The zero-order chi connectivity index (χ0) is 14.5. The van der Waals surface area contributed by atoms with Crippen molar-refractivity contribution in [2.24, 2.45) is 5.73 Å². The highest BCUT2D eigenvalue weighted by atomic mass is 16.4. The molecule has 0 aliphatic heterocycles. The van der Waals surface area contributed by atoms with Gasteiger partial charge in [-0.2, -0.15) is 0 Å². The van der Waals surface area contributed by atoms with Gasteiger partial charge in [0.1, 0.15) is 6.04 Å². The lowest BCUT2D eigenvalue weighted by Gasteiger charge is -2.11. The summed E-state index contributed by atoms with van der Waals surface area (Å²) in [5, 5.41) is 2.82. The van der Waals surface area contributed by atoms with Gasteiger partial charge in [0.15, 0.2) is 5.76 Å². The molecule has 1 amide bonds. The van der Waals surface area contributed by atoms with Gasteiger partial charge in [-0.3, -0.25) is 4.79 Å². The molecule has 2 unspecified atom stereocenters. The minimum atomic E-state index is -0.279. The van der Waals surface area contributed by atoms with Crippen LogP contribution in [0.15, 0.2) is 40.9 Å². The first-order valence-electron chi connectivity index (χ1n) is 6.62. The summed E-state index contributed by atoms with van der Waals surface area (Å²) in [4.78, 5) is 15.9. The smallest absolute Gasteiger partial charge is 0.222 e. The van der Waals surface area contributed by atoms with Gasteiger partial charge in [-0.15, -0.1) is 0 Å². The Morgan fingerprint density at radius 2 is 2.05 bits per heavy atom. The number of nitrogens with zero attached hydrogens (tertiary/aromatic N) is 1. The second kappa shape index (κ2) is 6.34. The minimum Gasteiger partial charge on any atom is -0.438 e. The van der Waals surface area contributed by atoms with Gasteiger partial charge in [0, 0.05) is 18.0 Å². The predicted octanol–water partition coefficient (Wildman–Crippen LogP) is 2.26. The second-order valence-corrected chi connectivity index (χ2v) is 4.90. The van der Waals surface area contributed by atoms with E-state index in [1.807, 2.05) is 37.3 Å². The highest BCUT2D eigenvalue weighted by molar-refractivity contribution is 5.76. The monoisotopic (exact) mass is 273 g/mol. The number of oxazole rings is 1. The zero-order valence-corrected chi connectivity index (χ0v) is 11.7. The number of benzene rings is 1. The Hall–Kier alpha value is -2.14. The highest BCUT2D eigenvalue weighted by Crippen LogP contribution is 2.22. The van der Waals surface area contributed by atoms with Crippen molar-refractivity contribution >= 4 is 5.91 Å². The Balaban J connectivity index is 2.03. The van der Waals surface area contributed by atoms with Gasteiger partial charge in [-0.1, -0.05) is 30.3 Å². The first-order valence-corrected chi connectivity index (χ1v) is 6.62. The molecule has 0 saturated carbocycles. The molecule has 3 N–H and O–H groups in total. The fourth-order valence-electron chi connectivity index (χ4n) is 1.88. The first-order chi connectivity index (χ1) is 9.56. The molecule has 0 saturated heterocycles. The maximum atomic E-state index is 11.7. The van der Waals surface area contributed by atoms with Crippen LogP contribution in [0.2, 0.25) is 0 Å². The number of hydrogen-bond acceptors (Lipinski definition) is 4. The fourth-order valence-corrected chi connectivity index (χ4v) is 1.88. The van der Waals surface area contributed by atoms with E-state index in [0.717, 1.165) is 5.56 Å². The fraction of sp³-hybridized carbons (Fsp3) is 0.333. The molecule has 2 rings (SSSR count). The van der Waals surface area contributed by atoms with E-state index in [1.54, 1.807) is 13.1 Å². The van der Waals surface area contributed by atoms with E-state index >= 15 is 0 Å². The van der Waals surface area contributed by atoms with Crippen LogP contribution in [-0.4, -0.2) is 16.9 Å². The molecule has 0 aliphatic rings. The second-order valence-electron chi connectivity index (χ2n) is 4.90. The van der Waals surface area contributed by atoms with Gasteiger partial charge in [0.25, 0.3) is 0 Å². The van der Waals surface area contributed by atoms with Crippen LogP contribution < -0.4 is 11.1 Å². The molecule has 2 atom stereocenters. The number of rotatable bonds is 5. The number of aromatic nitrogens is 1. The van der Waals surface area contributed by atoms with Gasteiger partial charge in [0.05, 0.1) is 6.20 Å². The Bertz CT molecular complexity index is 564. The van der Waals surface area contributed by atoms with Crippen LogP contribution in [0, 0.1) is 0 Å². The molecule has 20 heavy (non-hydrogen) atoms. The number of amides is 1. The molecule has 5 nitrogen and oxygen atoms in total. The van der Waals surface area contributed by atoms with Gasteiger partial charge in [0.2, 0.25) is 11.8 Å². The number of carbonyl (C=O) groups excluding carboxylic acids is 1. The summed E-state index contributed by atoms with van der Waals surface area (Å²) >= 11 is 0. The lowest BCUT2D eigenvalue weighted by molar-refractivity contribution is -0.122. The molecule has 0 radical (unpaired) electrons. The first kappa shape index (κ1) is 14.3. The van der Waals surface area contributed by atoms with Crippen molar-refractivity contribution in [1.82, 2.24) is 10.3 Å². The van der Waals surface area contributed by atoms with Crippen molar-refractivity contribution in [3.05, 3.63) is 42.4 Å². The Labute approximate surface area is 118 Å². The van der Waals surface area contributed by atoms with Crippen LogP contribution in [0.3, 0.4) is 0 Å². The molecule has 0 spiro atoms. The summed E-state index contributed by atoms with van der Waals surface area (Å²) in [5.74, 6) is 1.07. The minimum absolute atomic E-state index is 0.105. The Morgan fingerprint density at radius 1 is 1.35 bits per heavy atom. The lowest BCUT2D eigenvalue weighted by atomic mass is 10.2.